The first-order chi connectivity index (χ1) is 7.88. The van der Waals surface area contributed by atoms with Crippen LogP contribution >= 0.6 is 33.9 Å². The van der Waals surface area contributed by atoms with Crippen LogP contribution in [0.2, 0.25) is 10.0 Å². The molecule has 2 aromatic rings. The van der Waals surface area contributed by atoms with Crippen LogP contribution in [0.1, 0.15) is 0 Å². The van der Waals surface area contributed by atoms with E-state index in [1.54, 1.807) is 18.2 Å². The lowest BCUT2D eigenvalue weighted by atomic mass is 10.2. The molecular weight excluding hydrogens is 307 g/mol. The number of benzene rings is 1. The second kappa shape index (κ2) is 4.49. The first-order valence-corrected chi connectivity index (χ1v) is 7.39. The van der Waals surface area contributed by atoms with Crippen LogP contribution in [0.5, 0.6) is 0 Å². The highest BCUT2D eigenvalue weighted by Crippen LogP contribution is 2.27. The van der Waals surface area contributed by atoms with E-state index in [0.29, 0.717) is 21.4 Å². The highest BCUT2D eigenvalue weighted by atomic mass is 35.7. The fraction of sp³-hybridized carbons (Fsp3) is 0. The van der Waals surface area contributed by atoms with Gasteiger partial charge in [-0.2, -0.15) is 0 Å². The normalized spacial score (nSPS) is 11.7. The third-order valence-electron chi connectivity index (χ3n) is 2.01. The third-order valence-corrected chi connectivity index (χ3v) is 3.98. The molecule has 0 spiro atoms. The Labute approximate surface area is 112 Å². The molecule has 0 aliphatic rings. The van der Waals surface area contributed by atoms with Crippen molar-refractivity contribution in [2.24, 2.45) is 0 Å². The van der Waals surface area contributed by atoms with Crippen molar-refractivity contribution < 1.29 is 8.42 Å². The summed E-state index contributed by atoms with van der Waals surface area (Å²) in [6, 6.07) is 4.83. The smallest absolute Gasteiger partial charge is 0.278 e. The van der Waals surface area contributed by atoms with Crippen LogP contribution in [-0.2, 0) is 9.05 Å². The molecule has 0 fully saturated rings. The number of aromatic nitrogens is 2. The number of aromatic amines is 1. The van der Waals surface area contributed by atoms with Gasteiger partial charge in [0.25, 0.3) is 9.05 Å². The summed E-state index contributed by atoms with van der Waals surface area (Å²) < 4.78 is 22.1. The lowest BCUT2D eigenvalue weighted by Crippen LogP contribution is -1.90. The van der Waals surface area contributed by atoms with Gasteiger partial charge in [0.05, 0.1) is 16.2 Å². The molecule has 1 aromatic heterocycles. The molecule has 1 heterocycles. The first kappa shape index (κ1) is 12.7. The first-order valence-electron chi connectivity index (χ1n) is 4.33. The van der Waals surface area contributed by atoms with Crippen LogP contribution in [0.4, 0.5) is 0 Å². The third kappa shape index (κ3) is 2.74. The molecule has 0 bridgehead atoms. The minimum Gasteiger partial charge on any atom is -0.328 e. The van der Waals surface area contributed by atoms with E-state index in [2.05, 4.69) is 9.97 Å². The van der Waals surface area contributed by atoms with Gasteiger partial charge >= 0.3 is 0 Å². The number of halogens is 3. The molecule has 17 heavy (non-hydrogen) atoms. The summed E-state index contributed by atoms with van der Waals surface area (Å²) in [5.74, 6) is 0.350. The van der Waals surface area contributed by atoms with Gasteiger partial charge in [-0.15, -0.1) is 0 Å². The molecule has 0 radical (unpaired) electrons. The summed E-state index contributed by atoms with van der Waals surface area (Å²) in [4.78, 5) is 6.49. The summed E-state index contributed by atoms with van der Waals surface area (Å²) in [6.45, 7) is 0. The van der Waals surface area contributed by atoms with Crippen molar-refractivity contribution in [3.63, 3.8) is 0 Å². The zero-order chi connectivity index (χ0) is 12.6. The average molecular weight is 312 g/mol. The highest BCUT2D eigenvalue weighted by molar-refractivity contribution is 8.13. The molecule has 2 rings (SSSR count). The fourth-order valence-electron chi connectivity index (χ4n) is 1.22. The van der Waals surface area contributed by atoms with Gasteiger partial charge in [0.1, 0.15) is 5.82 Å². The summed E-state index contributed by atoms with van der Waals surface area (Å²) in [5.41, 5.74) is 0.617. The lowest BCUT2D eigenvalue weighted by Gasteiger charge is -1.99. The van der Waals surface area contributed by atoms with Gasteiger partial charge in [0, 0.05) is 16.2 Å². The van der Waals surface area contributed by atoms with Crippen molar-refractivity contribution in [1.82, 2.24) is 9.97 Å². The van der Waals surface area contributed by atoms with Gasteiger partial charge in [0.15, 0.2) is 5.03 Å². The zero-order valence-corrected chi connectivity index (χ0v) is 11.2. The molecule has 90 valence electrons. The predicted molar refractivity (Wildman–Crippen MR) is 67.1 cm³/mol. The minimum atomic E-state index is -3.81. The Balaban J connectivity index is 2.47. The van der Waals surface area contributed by atoms with Gasteiger partial charge in [-0.25, -0.2) is 13.4 Å². The van der Waals surface area contributed by atoms with Crippen molar-refractivity contribution in [3.05, 3.63) is 34.4 Å². The maximum Gasteiger partial charge on any atom is 0.278 e. The molecule has 1 aromatic carbocycles. The number of hydrogen-bond donors (Lipinski definition) is 1. The summed E-state index contributed by atoms with van der Waals surface area (Å²) in [6.07, 6.45) is 1.14. The SMILES string of the molecule is O=S(=O)(Cl)c1cnc(-c2ccc(Cl)c(Cl)c2)[nH]1. The topological polar surface area (TPSA) is 62.8 Å². The monoisotopic (exact) mass is 310 g/mol. The molecule has 0 saturated carbocycles. The van der Waals surface area contributed by atoms with Crippen LogP contribution in [0.3, 0.4) is 0 Å². The number of imidazole rings is 1. The average Bonchev–Trinajstić information content (AvgIpc) is 2.70. The maximum absolute atomic E-state index is 11.0. The van der Waals surface area contributed by atoms with E-state index in [-0.39, 0.29) is 5.03 Å². The van der Waals surface area contributed by atoms with E-state index in [1.807, 2.05) is 0 Å². The molecule has 4 nitrogen and oxygen atoms in total. The molecule has 0 saturated heterocycles. The maximum atomic E-state index is 11.0. The van der Waals surface area contributed by atoms with E-state index in [0.717, 1.165) is 6.20 Å². The Bertz CT molecular complexity index is 667. The Morgan fingerprint density at radius 3 is 2.41 bits per heavy atom. The van der Waals surface area contributed by atoms with Crippen LogP contribution < -0.4 is 0 Å². The Hall–Kier alpha value is -0.750. The molecule has 8 heteroatoms. The molecule has 0 atom stereocenters. The van der Waals surface area contributed by atoms with Gasteiger partial charge < -0.3 is 4.98 Å². The van der Waals surface area contributed by atoms with E-state index in [4.69, 9.17) is 33.9 Å². The van der Waals surface area contributed by atoms with E-state index in [1.165, 1.54) is 0 Å². The summed E-state index contributed by atoms with van der Waals surface area (Å²) in [7, 11) is 1.36. The van der Waals surface area contributed by atoms with E-state index >= 15 is 0 Å². The van der Waals surface area contributed by atoms with Crippen LogP contribution in [0.25, 0.3) is 11.4 Å². The number of nitrogens with one attached hydrogen (secondary N) is 1. The van der Waals surface area contributed by atoms with Crippen molar-refractivity contribution >= 4 is 42.9 Å². The highest BCUT2D eigenvalue weighted by Gasteiger charge is 2.14. The largest absolute Gasteiger partial charge is 0.328 e. The number of nitrogens with zero attached hydrogens (tertiary/aromatic N) is 1. The molecule has 0 aliphatic carbocycles. The van der Waals surface area contributed by atoms with Crippen molar-refractivity contribution in [3.8, 4) is 11.4 Å². The number of rotatable bonds is 2. The van der Waals surface area contributed by atoms with Crippen molar-refractivity contribution in [2.45, 2.75) is 5.03 Å². The lowest BCUT2D eigenvalue weighted by molar-refractivity contribution is 0.607. The zero-order valence-electron chi connectivity index (χ0n) is 8.12. The standard InChI is InChI=1S/C9H5Cl3N2O2S/c10-6-2-1-5(3-7(6)11)9-13-4-8(14-9)17(12,15)16/h1-4H,(H,13,14). The summed E-state index contributed by atoms with van der Waals surface area (Å²) >= 11 is 11.6. The molecule has 1 N–H and O–H groups in total. The molecule has 0 amide bonds. The Morgan fingerprint density at radius 1 is 1.18 bits per heavy atom. The van der Waals surface area contributed by atoms with Gasteiger partial charge in [0.2, 0.25) is 0 Å². The predicted octanol–water partition coefficient (Wildman–Crippen LogP) is 3.31. The second-order valence-corrected chi connectivity index (χ2v) is 6.51. The van der Waals surface area contributed by atoms with Crippen LogP contribution in [-0.4, -0.2) is 18.4 Å². The van der Waals surface area contributed by atoms with Gasteiger partial charge in [-0.1, -0.05) is 23.2 Å². The van der Waals surface area contributed by atoms with Crippen molar-refractivity contribution in [1.29, 1.82) is 0 Å². The molecular formula is C9H5Cl3N2O2S. The number of hydrogen-bond acceptors (Lipinski definition) is 3. The minimum absolute atomic E-state index is 0.166. The molecule has 0 aliphatic heterocycles. The second-order valence-electron chi connectivity index (χ2n) is 3.16. The van der Waals surface area contributed by atoms with Gasteiger partial charge in [-0.3, -0.25) is 0 Å². The molecule has 0 unspecified atom stereocenters. The Kier molecular flexibility index (Phi) is 3.36. The number of H-pyrrole nitrogens is 1. The fourth-order valence-corrected chi connectivity index (χ4v) is 2.15. The Morgan fingerprint density at radius 2 is 1.88 bits per heavy atom. The van der Waals surface area contributed by atoms with E-state index in [9.17, 15) is 8.42 Å². The quantitative estimate of drug-likeness (QED) is 0.865. The van der Waals surface area contributed by atoms with Crippen LogP contribution in [0.15, 0.2) is 29.4 Å². The van der Waals surface area contributed by atoms with E-state index < -0.39 is 9.05 Å². The van der Waals surface area contributed by atoms with Crippen LogP contribution in [0, 0.1) is 0 Å². The van der Waals surface area contributed by atoms with Gasteiger partial charge in [-0.05, 0) is 18.2 Å². The summed E-state index contributed by atoms with van der Waals surface area (Å²) in [5, 5.41) is 0.600. The van der Waals surface area contributed by atoms with Crippen molar-refractivity contribution in [2.75, 3.05) is 0 Å².